The molecule has 0 nitrogen and oxygen atoms in total. The Kier molecular flexibility index (Phi) is 21.1. The molecule has 5 heteroatoms. The zero-order chi connectivity index (χ0) is 37.3. The molecular weight excluding hydrogens is 822 g/mol. The van der Waals surface area contributed by atoms with Crippen LogP contribution in [-0.4, -0.2) is 4.21 Å². The second-order valence-corrected chi connectivity index (χ2v) is 14.1. The smallest absolute Gasteiger partial charge is 0.0181 e. The van der Waals surface area contributed by atoms with E-state index in [1.54, 1.807) is 48.5 Å². The van der Waals surface area contributed by atoms with Crippen molar-refractivity contribution in [2.75, 3.05) is 0 Å². The summed E-state index contributed by atoms with van der Waals surface area (Å²) in [5.74, 6) is 0.573. The molecule has 0 saturated carbocycles. The fraction of sp³-hybridized carbons (Fsp3) is 0.163. The van der Waals surface area contributed by atoms with Crippen LogP contribution in [0.25, 0.3) is 33.4 Å². The molecular formula is C49H46Cl4Zr-4. The predicted octanol–water partition coefficient (Wildman–Crippen LogP) is 14.8. The van der Waals surface area contributed by atoms with E-state index in [-0.39, 0.29) is 24.8 Å². The first-order valence-electron chi connectivity index (χ1n) is 17.4. The van der Waals surface area contributed by atoms with Gasteiger partial charge in [0.1, 0.15) is 0 Å². The van der Waals surface area contributed by atoms with Gasteiger partial charge in [0.25, 0.3) is 0 Å². The Morgan fingerprint density at radius 1 is 0.667 bits per heavy atom. The van der Waals surface area contributed by atoms with Crippen molar-refractivity contribution in [3.05, 3.63) is 203 Å². The molecule has 1 unspecified atom stereocenters. The number of hydrogen-bond donors (Lipinski definition) is 0. The van der Waals surface area contributed by atoms with Crippen LogP contribution in [0.15, 0.2) is 157 Å². The largest absolute Gasteiger partial charge is 0.143 e. The molecule has 54 heavy (non-hydrogen) atoms. The molecule has 0 bridgehead atoms. The summed E-state index contributed by atoms with van der Waals surface area (Å²) in [6.07, 6.45) is 9.97. The summed E-state index contributed by atoms with van der Waals surface area (Å²) < 4.78 is 3.34. The molecule has 0 amide bonds. The third-order valence-corrected chi connectivity index (χ3v) is 8.98. The Hall–Kier alpha value is -3.29. The first-order chi connectivity index (χ1) is 25.2. The molecule has 2 aliphatic rings. The molecule has 2 aliphatic carbocycles. The van der Waals surface area contributed by atoms with Crippen LogP contribution in [0.3, 0.4) is 0 Å². The predicted molar refractivity (Wildman–Crippen MR) is 236 cm³/mol. The summed E-state index contributed by atoms with van der Waals surface area (Å²) in [7, 11) is 0. The zero-order valence-corrected chi connectivity index (χ0v) is 36.8. The third-order valence-electron chi connectivity index (χ3n) is 8.48. The molecule has 8 rings (SSSR count). The normalized spacial score (nSPS) is 12.7. The van der Waals surface area contributed by atoms with E-state index in [4.69, 9.17) is 23.2 Å². The van der Waals surface area contributed by atoms with Crippen LogP contribution in [0, 0.1) is 35.6 Å². The summed E-state index contributed by atoms with van der Waals surface area (Å²) in [5.41, 5.74) is 12.1. The van der Waals surface area contributed by atoms with Gasteiger partial charge in [-0.25, -0.2) is 6.08 Å². The SMILES string of the molecule is CCC1[C-]=CC(C(C)(C)C)=C1.Cl.Cl.Clc1cc[c-]cc1.Clc1cc[c-]cc1.[CH2]=[Zr].[c-]1c(-c2ccccc2)ccc2c1Cc1cc(-c3ccccc3)ccc1-2. The van der Waals surface area contributed by atoms with Crippen molar-refractivity contribution < 1.29 is 24.2 Å². The minimum absolute atomic E-state index is 0. The first kappa shape index (κ1) is 46.9. The van der Waals surface area contributed by atoms with Crippen molar-refractivity contribution in [3.8, 4) is 33.4 Å². The van der Waals surface area contributed by atoms with Gasteiger partial charge in [0.2, 0.25) is 0 Å². The third kappa shape index (κ3) is 14.4. The number of rotatable bonds is 3. The van der Waals surface area contributed by atoms with E-state index in [2.05, 4.69) is 159 Å². The number of allylic oxidation sites excluding steroid dienone is 4. The number of halogens is 4. The minimum atomic E-state index is 0. The molecule has 278 valence electrons. The van der Waals surface area contributed by atoms with E-state index < -0.39 is 0 Å². The van der Waals surface area contributed by atoms with Crippen LogP contribution in [0.5, 0.6) is 0 Å². The van der Waals surface area contributed by atoms with Crippen LogP contribution in [0.1, 0.15) is 45.2 Å². The van der Waals surface area contributed by atoms with E-state index in [1.165, 1.54) is 80.7 Å². The standard InChI is InChI=1S/C25H17.C11H17.2C6H4Cl.CH2.2ClH.Zr/c1-3-7-18(8-4-1)20-11-13-24-22(15-20)17-23-16-21(12-14-25(23)24)19-9-5-2-6-10-19;1-5-9-6-7-10(8-9)11(2,3)4;2*7-6-4-2-1-3-5-6;;;;/h1-15H,17H2;7-9H,5H2,1-4H3;2*2-5H;1H2;2*1H;/q4*-1;;;;. The van der Waals surface area contributed by atoms with E-state index in [1.807, 2.05) is 0 Å². The number of fused-ring (bicyclic) bond motifs is 3. The van der Waals surface area contributed by atoms with E-state index in [0.29, 0.717) is 11.3 Å². The molecule has 0 saturated heterocycles. The topological polar surface area (TPSA) is 0 Å². The van der Waals surface area contributed by atoms with Gasteiger partial charge in [0.15, 0.2) is 0 Å². The van der Waals surface area contributed by atoms with E-state index in [9.17, 15) is 0 Å². The van der Waals surface area contributed by atoms with Crippen molar-refractivity contribution in [1.82, 2.24) is 0 Å². The van der Waals surface area contributed by atoms with Crippen molar-refractivity contribution in [2.45, 2.75) is 40.5 Å². The molecule has 0 aliphatic heterocycles. The fourth-order valence-electron chi connectivity index (χ4n) is 5.67. The van der Waals surface area contributed by atoms with Gasteiger partial charge in [0.05, 0.1) is 0 Å². The van der Waals surface area contributed by atoms with Crippen molar-refractivity contribution in [1.29, 1.82) is 0 Å². The summed E-state index contributed by atoms with van der Waals surface area (Å²) in [6, 6.07) is 56.0. The molecule has 0 aromatic heterocycles. The Morgan fingerprint density at radius 3 is 1.63 bits per heavy atom. The second kappa shape index (κ2) is 24.3. The first-order valence-corrected chi connectivity index (χ1v) is 19.9. The maximum atomic E-state index is 5.52. The molecule has 1 atom stereocenters. The summed E-state index contributed by atoms with van der Waals surface area (Å²) in [5, 5.41) is 1.53. The van der Waals surface area contributed by atoms with Gasteiger partial charge in [-0.15, -0.1) is 77.3 Å². The molecule has 0 fully saturated rings. The summed E-state index contributed by atoms with van der Waals surface area (Å²) >= 11 is 12.3. The maximum absolute atomic E-state index is 5.52. The average molecular weight is 868 g/mol. The van der Waals surface area contributed by atoms with Crippen LogP contribution in [0.4, 0.5) is 0 Å². The second-order valence-electron chi connectivity index (χ2n) is 13.2. The Bertz CT molecular complexity index is 1890. The van der Waals surface area contributed by atoms with Crippen LogP contribution in [-0.2, 0) is 30.7 Å². The maximum Gasteiger partial charge on any atom is -0.0181 e. The zero-order valence-electron chi connectivity index (χ0n) is 31.2. The van der Waals surface area contributed by atoms with Gasteiger partial charge in [-0.2, -0.15) is 72.3 Å². The van der Waals surface area contributed by atoms with Crippen LogP contribution in [0.2, 0.25) is 10.0 Å². The van der Waals surface area contributed by atoms with Crippen LogP contribution < -0.4 is 0 Å². The fourth-order valence-corrected chi connectivity index (χ4v) is 5.92. The quantitative estimate of drug-likeness (QED) is 0.155. The van der Waals surface area contributed by atoms with Gasteiger partial charge in [-0.3, -0.25) is 6.08 Å². The van der Waals surface area contributed by atoms with Gasteiger partial charge in [0, 0.05) is 0 Å². The van der Waals surface area contributed by atoms with E-state index >= 15 is 0 Å². The van der Waals surface area contributed by atoms with E-state index in [0.717, 1.165) is 16.5 Å². The average Bonchev–Trinajstić information content (AvgIpc) is 3.83. The summed E-state index contributed by atoms with van der Waals surface area (Å²) in [4.78, 5) is 0. The summed E-state index contributed by atoms with van der Waals surface area (Å²) in [6.45, 7) is 8.94. The molecule has 0 spiro atoms. The van der Waals surface area contributed by atoms with Gasteiger partial charge < -0.3 is 0 Å². The van der Waals surface area contributed by atoms with Crippen molar-refractivity contribution in [3.63, 3.8) is 0 Å². The molecule has 6 aromatic carbocycles. The monoisotopic (exact) mass is 864 g/mol. The molecule has 0 heterocycles. The van der Waals surface area contributed by atoms with Gasteiger partial charge in [-0.05, 0) is 23.1 Å². The number of benzene rings is 6. The molecule has 0 N–H and O–H groups in total. The van der Waals surface area contributed by atoms with Crippen molar-refractivity contribution >= 4 is 52.2 Å². The Labute approximate surface area is 361 Å². The Morgan fingerprint density at radius 2 is 1.19 bits per heavy atom. The van der Waals surface area contributed by atoms with Crippen LogP contribution >= 0.6 is 48.0 Å². The molecule has 6 aromatic rings. The van der Waals surface area contributed by atoms with Crippen molar-refractivity contribution in [2.24, 2.45) is 11.3 Å². The number of hydrogen-bond acceptors (Lipinski definition) is 0. The molecule has 0 radical (unpaired) electrons. The minimum Gasteiger partial charge on any atom is -0.143 e. The van der Waals surface area contributed by atoms with Gasteiger partial charge >= 0.3 is 28.4 Å². The van der Waals surface area contributed by atoms with Gasteiger partial charge in [-0.1, -0.05) is 151 Å². The Balaban J connectivity index is 0.000000288.